The van der Waals surface area contributed by atoms with Crippen LogP contribution in [0.2, 0.25) is 0 Å². The van der Waals surface area contributed by atoms with Crippen molar-refractivity contribution < 1.29 is 13.2 Å². The minimum Gasteiger partial charge on any atom is -0.320 e. The van der Waals surface area contributed by atoms with E-state index in [0.717, 1.165) is 19.3 Å². The van der Waals surface area contributed by atoms with Gasteiger partial charge in [0.25, 0.3) is 5.91 Å². The molecule has 1 aliphatic heterocycles. The molecule has 0 aliphatic carbocycles. The number of hydrogen-bond donors (Lipinski definition) is 1. The summed E-state index contributed by atoms with van der Waals surface area (Å²) in [6.45, 7) is 2.47. The van der Waals surface area contributed by atoms with Gasteiger partial charge < -0.3 is 5.32 Å². The Labute approximate surface area is 175 Å². The van der Waals surface area contributed by atoms with E-state index in [0.29, 0.717) is 23.5 Å². The number of amides is 1. The van der Waals surface area contributed by atoms with Gasteiger partial charge in [0.1, 0.15) is 12.7 Å². The van der Waals surface area contributed by atoms with Crippen molar-refractivity contribution >= 4 is 21.6 Å². The Morgan fingerprint density at radius 2 is 1.87 bits per heavy atom. The number of nitrogens with zero attached hydrogens (tertiary/aromatic N) is 4. The summed E-state index contributed by atoms with van der Waals surface area (Å²) in [5, 5.41) is 6.96. The fourth-order valence-electron chi connectivity index (χ4n) is 3.65. The minimum absolute atomic E-state index is 0.0139. The van der Waals surface area contributed by atoms with Crippen LogP contribution >= 0.6 is 0 Å². The van der Waals surface area contributed by atoms with Crippen LogP contribution in [-0.2, 0) is 10.0 Å². The van der Waals surface area contributed by atoms with Crippen LogP contribution in [0, 0.1) is 0 Å². The van der Waals surface area contributed by atoms with Gasteiger partial charge in [-0.2, -0.15) is 9.40 Å². The molecule has 8 nitrogen and oxygen atoms in total. The molecular formula is C21H23N5O3S. The van der Waals surface area contributed by atoms with Gasteiger partial charge in [0, 0.05) is 18.2 Å². The van der Waals surface area contributed by atoms with Crippen LogP contribution in [0.1, 0.15) is 36.5 Å². The zero-order chi connectivity index (χ0) is 21.1. The predicted octanol–water partition coefficient (Wildman–Crippen LogP) is 3.08. The van der Waals surface area contributed by atoms with E-state index in [-0.39, 0.29) is 16.8 Å². The third kappa shape index (κ3) is 3.99. The summed E-state index contributed by atoms with van der Waals surface area (Å²) in [5.41, 5.74) is 1.63. The summed E-state index contributed by atoms with van der Waals surface area (Å²) >= 11 is 0. The number of carbonyl (C=O) groups is 1. The monoisotopic (exact) mass is 425 g/mol. The number of rotatable bonds is 5. The summed E-state index contributed by atoms with van der Waals surface area (Å²) in [4.78, 5) is 16.9. The second-order valence-corrected chi connectivity index (χ2v) is 9.19. The van der Waals surface area contributed by atoms with Crippen LogP contribution in [0.4, 0.5) is 5.69 Å². The summed E-state index contributed by atoms with van der Waals surface area (Å²) in [5.74, 6) is -0.335. The van der Waals surface area contributed by atoms with Crippen LogP contribution in [0.3, 0.4) is 0 Å². The standard InChI is InChI=1S/C21H23N5O3S/c1-16-6-4-5-13-26(16)30(28,29)18-11-9-17(10-12-18)21(27)24-19-7-2-3-8-20(19)25-15-22-14-23-25/h2-3,7-12,14-16H,4-6,13H2,1H3,(H,24,27). The SMILES string of the molecule is CC1CCCCN1S(=O)(=O)c1ccc(C(=O)Nc2ccccc2-n2cncn2)cc1. The molecule has 1 amide bonds. The van der Waals surface area contributed by atoms with Crippen molar-refractivity contribution in [3.8, 4) is 5.69 Å². The second-order valence-electron chi connectivity index (χ2n) is 7.30. The molecule has 1 atom stereocenters. The number of carbonyl (C=O) groups excluding carboxylic acids is 1. The molecule has 0 saturated carbocycles. The van der Waals surface area contributed by atoms with Gasteiger partial charge in [-0.15, -0.1) is 0 Å². The predicted molar refractivity (Wildman–Crippen MR) is 113 cm³/mol. The summed E-state index contributed by atoms with van der Waals surface area (Å²) in [6.07, 6.45) is 5.75. The van der Waals surface area contributed by atoms with E-state index in [1.165, 1.54) is 30.6 Å². The van der Waals surface area contributed by atoms with Crippen molar-refractivity contribution in [3.05, 3.63) is 66.7 Å². The van der Waals surface area contributed by atoms with Crippen molar-refractivity contribution in [2.45, 2.75) is 37.1 Å². The summed E-state index contributed by atoms with van der Waals surface area (Å²) < 4.78 is 29.0. The van der Waals surface area contributed by atoms with Gasteiger partial charge in [-0.25, -0.2) is 18.1 Å². The van der Waals surface area contributed by atoms with Gasteiger partial charge >= 0.3 is 0 Å². The van der Waals surface area contributed by atoms with E-state index in [9.17, 15) is 13.2 Å². The smallest absolute Gasteiger partial charge is 0.255 e. The van der Waals surface area contributed by atoms with Crippen LogP contribution in [0.25, 0.3) is 5.69 Å². The molecule has 1 saturated heterocycles. The maximum Gasteiger partial charge on any atom is 0.255 e. The molecule has 2 aromatic carbocycles. The molecule has 9 heteroatoms. The van der Waals surface area contributed by atoms with Gasteiger partial charge in [-0.1, -0.05) is 18.6 Å². The molecule has 0 bridgehead atoms. The zero-order valence-corrected chi connectivity index (χ0v) is 17.4. The average Bonchev–Trinajstić information content (AvgIpc) is 3.29. The number of sulfonamides is 1. The zero-order valence-electron chi connectivity index (χ0n) is 16.6. The number of benzene rings is 2. The van der Waals surface area contributed by atoms with Crippen LogP contribution < -0.4 is 5.32 Å². The largest absolute Gasteiger partial charge is 0.320 e. The Morgan fingerprint density at radius 1 is 1.10 bits per heavy atom. The quantitative estimate of drug-likeness (QED) is 0.678. The highest BCUT2D eigenvalue weighted by atomic mass is 32.2. The van der Waals surface area contributed by atoms with Gasteiger partial charge in [0.15, 0.2) is 0 Å². The molecule has 156 valence electrons. The maximum absolute atomic E-state index is 13.0. The highest BCUT2D eigenvalue weighted by molar-refractivity contribution is 7.89. The number of aromatic nitrogens is 3. The molecule has 0 radical (unpaired) electrons. The van der Waals surface area contributed by atoms with Crippen molar-refractivity contribution in [1.82, 2.24) is 19.1 Å². The lowest BCUT2D eigenvalue weighted by Crippen LogP contribution is -2.41. The number of nitrogens with one attached hydrogen (secondary N) is 1. The van der Waals surface area contributed by atoms with Crippen LogP contribution in [0.5, 0.6) is 0 Å². The Bertz CT molecular complexity index is 1130. The lowest BCUT2D eigenvalue weighted by atomic mass is 10.1. The molecule has 2 heterocycles. The van der Waals surface area contributed by atoms with Gasteiger partial charge in [0.2, 0.25) is 10.0 Å². The first-order chi connectivity index (χ1) is 14.5. The molecule has 3 aromatic rings. The third-order valence-electron chi connectivity index (χ3n) is 5.28. The molecule has 30 heavy (non-hydrogen) atoms. The van der Waals surface area contributed by atoms with Gasteiger partial charge in [-0.05, 0) is 56.2 Å². The Hall–Kier alpha value is -3.04. The molecule has 1 aromatic heterocycles. The van der Waals surface area contributed by atoms with Crippen molar-refractivity contribution in [2.75, 3.05) is 11.9 Å². The third-order valence-corrected chi connectivity index (χ3v) is 7.31. The lowest BCUT2D eigenvalue weighted by molar-refractivity contribution is 0.102. The maximum atomic E-state index is 13.0. The van der Waals surface area contributed by atoms with E-state index in [4.69, 9.17) is 0 Å². The topological polar surface area (TPSA) is 97.2 Å². The minimum atomic E-state index is -3.57. The normalized spacial score (nSPS) is 17.6. The van der Waals surface area contributed by atoms with E-state index >= 15 is 0 Å². The molecule has 4 rings (SSSR count). The van der Waals surface area contributed by atoms with E-state index < -0.39 is 10.0 Å². The van der Waals surface area contributed by atoms with Crippen LogP contribution in [-0.4, -0.2) is 46.0 Å². The summed E-state index contributed by atoms with van der Waals surface area (Å²) in [6, 6.07) is 13.3. The van der Waals surface area contributed by atoms with Gasteiger partial charge in [-0.3, -0.25) is 4.79 Å². The number of piperidine rings is 1. The molecule has 1 unspecified atom stereocenters. The van der Waals surface area contributed by atoms with Crippen molar-refractivity contribution in [1.29, 1.82) is 0 Å². The van der Waals surface area contributed by atoms with E-state index in [2.05, 4.69) is 15.4 Å². The van der Waals surface area contributed by atoms with E-state index in [1.54, 1.807) is 21.4 Å². The highest BCUT2D eigenvalue weighted by Crippen LogP contribution is 2.25. The second kappa shape index (κ2) is 8.37. The number of para-hydroxylation sites is 2. The lowest BCUT2D eigenvalue weighted by Gasteiger charge is -2.32. The molecule has 1 N–H and O–H groups in total. The van der Waals surface area contributed by atoms with E-state index in [1.807, 2.05) is 25.1 Å². The molecule has 1 fully saturated rings. The Morgan fingerprint density at radius 3 is 2.57 bits per heavy atom. The fourth-order valence-corrected chi connectivity index (χ4v) is 5.35. The van der Waals surface area contributed by atoms with Gasteiger partial charge in [0.05, 0.1) is 16.3 Å². The van der Waals surface area contributed by atoms with Crippen molar-refractivity contribution in [2.24, 2.45) is 0 Å². The number of hydrogen-bond acceptors (Lipinski definition) is 5. The fraction of sp³-hybridized carbons (Fsp3) is 0.286. The van der Waals surface area contributed by atoms with Crippen molar-refractivity contribution in [3.63, 3.8) is 0 Å². The molecule has 0 spiro atoms. The first-order valence-electron chi connectivity index (χ1n) is 9.84. The number of anilines is 1. The molecule has 1 aliphatic rings. The first-order valence-corrected chi connectivity index (χ1v) is 11.3. The average molecular weight is 426 g/mol. The Kier molecular flexibility index (Phi) is 5.65. The molecular weight excluding hydrogens is 402 g/mol. The summed E-state index contributed by atoms with van der Waals surface area (Å²) in [7, 11) is -3.57. The Balaban J connectivity index is 1.53. The van der Waals surface area contributed by atoms with Crippen LogP contribution in [0.15, 0.2) is 66.1 Å². The first kappa shape index (κ1) is 20.2. The highest BCUT2D eigenvalue weighted by Gasteiger charge is 2.30.